The second-order valence-corrected chi connectivity index (χ2v) is 6.76. The number of rotatable bonds is 8. The van der Waals surface area contributed by atoms with Crippen molar-refractivity contribution in [3.05, 3.63) is 91.0 Å². The van der Waals surface area contributed by atoms with Gasteiger partial charge in [0.05, 0.1) is 0 Å². The third kappa shape index (κ3) is 7.30. The summed E-state index contributed by atoms with van der Waals surface area (Å²) in [7, 11) is 0. The maximum Gasteiger partial charge on any atom is 0.0461 e. The molecule has 3 rings (SSSR count). The Balaban J connectivity index is 0.000000279. The zero-order chi connectivity index (χ0) is 19.2. The Hall–Kier alpha value is -2.54. The van der Waals surface area contributed by atoms with E-state index < -0.39 is 0 Å². The maximum atomic E-state index is 2.26. The van der Waals surface area contributed by atoms with E-state index in [1.807, 2.05) is 18.2 Å². The number of benzene rings is 3. The third-order valence-electron chi connectivity index (χ3n) is 4.50. The van der Waals surface area contributed by atoms with E-state index in [2.05, 4.69) is 91.5 Å². The fourth-order valence-electron chi connectivity index (χ4n) is 3.03. The molecule has 3 aromatic carbocycles. The molecule has 0 fully saturated rings. The molecular formula is C26H33N. The third-order valence-corrected chi connectivity index (χ3v) is 4.50. The SMILES string of the molecule is CCCCCCCC.c1ccc(N(c2ccccc2)c2ccccc2)cc1. The molecule has 0 aromatic heterocycles. The van der Waals surface area contributed by atoms with Crippen LogP contribution in [0.15, 0.2) is 91.0 Å². The van der Waals surface area contributed by atoms with Crippen LogP contribution in [0.4, 0.5) is 17.1 Å². The van der Waals surface area contributed by atoms with E-state index in [-0.39, 0.29) is 0 Å². The van der Waals surface area contributed by atoms with E-state index in [4.69, 9.17) is 0 Å². The zero-order valence-electron chi connectivity index (χ0n) is 16.9. The standard InChI is InChI=1S/C18H15N.C8H18/c1-4-10-16(11-5-1)19(17-12-6-2-7-13-17)18-14-8-3-9-15-18;1-3-5-7-8-6-4-2/h1-15H;3-8H2,1-2H3. The van der Waals surface area contributed by atoms with E-state index in [0.717, 1.165) is 0 Å². The molecule has 1 nitrogen and oxygen atoms in total. The Bertz CT molecular complexity index is 607. The zero-order valence-corrected chi connectivity index (χ0v) is 16.9. The average molecular weight is 360 g/mol. The van der Waals surface area contributed by atoms with Crippen LogP contribution in [0.2, 0.25) is 0 Å². The van der Waals surface area contributed by atoms with Crippen LogP contribution in [0.3, 0.4) is 0 Å². The van der Waals surface area contributed by atoms with Gasteiger partial charge in [0, 0.05) is 17.1 Å². The molecule has 0 aliphatic heterocycles. The highest BCUT2D eigenvalue weighted by atomic mass is 15.1. The predicted molar refractivity (Wildman–Crippen MR) is 120 cm³/mol. The molecule has 0 heterocycles. The molecule has 0 saturated carbocycles. The number of nitrogens with zero attached hydrogens (tertiary/aromatic N) is 1. The van der Waals surface area contributed by atoms with Gasteiger partial charge in [0.25, 0.3) is 0 Å². The molecule has 0 aliphatic rings. The number of unbranched alkanes of at least 4 members (excludes halogenated alkanes) is 5. The highest BCUT2D eigenvalue weighted by Gasteiger charge is 2.10. The molecule has 0 unspecified atom stereocenters. The molecule has 0 radical (unpaired) electrons. The summed E-state index contributed by atoms with van der Waals surface area (Å²) in [5.74, 6) is 0. The van der Waals surface area contributed by atoms with Crippen LogP contribution < -0.4 is 4.90 Å². The Kier molecular flexibility index (Phi) is 9.81. The van der Waals surface area contributed by atoms with E-state index in [1.54, 1.807) is 0 Å². The Morgan fingerprint density at radius 2 is 0.741 bits per heavy atom. The largest absolute Gasteiger partial charge is 0.311 e. The summed E-state index contributed by atoms with van der Waals surface area (Å²) in [5, 5.41) is 0. The molecule has 0 amide bonds. The highest BCUT2D eigenvalue weighted by molar-refractivity contribution is 5.76. The lowest BCUT2D eigenvalue weighted by molar-refractivity contribution is 0.624. The quantitative estimate of drug-likeness (QED) is 0.364. The van der Waals surface area contributed by atoms with Gasteiger partial charge in [-0.2, -0.15) is 0 Å². The minimum Gasteiger partial charge on any atom is -0.311 e. The molecule has 0 saturated heterocycles. The molecule has 0 spiro atoms. The second kappa shape index (κ2) is 12.8. The lowest BCUT2D eigenvalue weighted by atomic mass is 10.1. The van der Waals surface area contributed by atoms with E-state index in [0.29, 0.717) is 0 Å². The van der Waals surface area contributed by atoms with Gasteiger partial charge in [0.1, 0.15) is 0 Å². The van der Waals surface area contributed by atoms with Gasteiger partial charge in [-0.25, -0.2) is 0 Å². The molecule has 0 N–H and O–H groups in total. The van der Waals surface area contributed by atoms with Crippen LogP contribution >= 0.6 is 0 Å². The summed E-state index contributed by atoms with van der Waals surface area (Å²) in [5.41, 5.74) is 3.50. The molecular weight excluding hydrogens is 326 g/mol. The fourth-order valence-corrected chi connectivity index (χ4v) is 3.03. The van der Waals surface area contributed by atoms with E-state index >= 15 is 0 Å². The molecule has 0 bridgehead atoms. The van der Waals surface area contributed by atoms with Crippen molar-refractivity contribution in [2.45, 2.75) is 52.4 Å². The van der Waals surface area contributed by atoms with Crippen LogP contribution in [0.1, 0.15) is 52.4 Å². The van der Waals surface area contributed by atoms with Gasteiger partial charge in [-0.05, 0) is 36.4 Å². The van der Waals surface area contributed by atoms with Crippen LogP contribution in [0.5, 0.6) is 0 Å². The molecule has 1 heteroatoms. The Labute approximate surface area is 165 Å². The van der Waals surface area contributed by atoms with Crippen LogP contribution in [0.25, 0.3) is 0 Å². The summed E-state index contributed by atoms with van der Waals surface area (Å²) in [6, 6.07) is 31.3. The number of anilines is 3. The van der Waals surface area contributed by atoms with Gasteiger partial charge in [0.2, 0.25) is 0 Å². The van der Waals surface area contributed by atoms with Crippen molar-refractivity contribution >= 4 is 17.1 Å². The summed E-state index contributed by atoms with van der Waals surface area (Å²) >= 11 is 0. The number of para-hydroxylation sites is 3. The summed E-state index contributed by atoms with van der Waals surface area (Å²) in [4.78, 5) is 2.25. The smallest absolute Gasteiger partial charge is 0.0461 e. The van der Waals surface area contributed by atoms with E-state index in [9.17, 15) is 0 Å². The lowest BCUT2D eigenvalue weighted by Crippen LogP contribution is -2.09. The molecule has 3 aromatic rings. The van der Waals surface area contributed by atoms with Crippen molar-refractivity contribution in [2.24, 2.45) is 0 Å². The monoisotopic (exact) mass is 359 g/mol. The molecule has 142 valence electrons. The maximum absolute atomic E-state index is 2.26. The van der Waals surface area contributed by atoms with Crippen LogP contribution in [-0.4, -0.2) is 0 Å². The van der Waals surface area contributed by atoms with Gasteiger partial charge in [-0.1, -0.05) is 107 Å². The second-order valence-electron chi connectivity index (χ2n) is 6.76. The Morgan fingerprint density at radius 1 is 0.444 bits per heavy atom. The summed E-state index contributed by atoms with van der Waals surface area (Å²) in [6.07, 6.45) is 8.49. The predicted octanol–water partition coefficient (Wildman–Crippen LogP) is 8.52. The van der Waals surface area contributed by atoms with Gasteiger partial charge in [-0.3, -0.25) is 0 Å². The van der Waals surface area contributed by atoms with Gasteiger partial charge >= 0.3 is 0 Å². The highest BCUT2D eigenvalue weighted by Crippen LogP contribution is 2.33. The molecule has 0 aliphatic carbocycles. The number of hydrogen-bond acceptors (Lipinski definition) is 1. The molecule has 27 heavy (non-hydrogen) atoms. The van der Waals surface area contributed by atoms with Crippen LogP contribution in [-0.2, 0) is 0 Å². The van der Waals surface area contributed by atoms with Crippen molar-refractivity contribution in [1.82, 2.24) is 0 Å². The average Bonchev–Trinajstić information content (AvgIpc) is 2.74. The van der Waals surface area contributed by atoms with Crippen molar-refractivity contribution in [3.8, 4) is 0 Å². The van der Waals surface area contributed by atoms with Crippen molar-refractivity contribution in [3.63, 3.8) is 0 Å². The van der Waals surface area contributed by atoms with Crippen molar-refractivity contribution in [1.29, 1.82) is 0 Å². The number of hydrogen-bond donors (Lipinski definition) is 0. The fraction of sp³-hybridized carbons (Fsp3) is 0.308. The van der Waals surface area contributed by atoms with Crippen LogP contribution in [0, 0.1) is 0 Å². The van der Waals surface area contributed by atoms with E-state index in [1.165, 1.54) is 55.6 Å². The van der Waals surface area contributed by atoms with Crippen molar-refractivity contribution < 1.29 is 0 Å². The van der Waals surface area contributed by atoms with Gasteiger partial charge in [0.15, 0.2) is 0 Å². The topological polar surface area (TPSA) is 3.24 Å². The first kappa shape index (κ1) is 20.8. The Morgan fingerprint density at radius 3 is 1.00 bits per heavy atom. The first-order chi connectivity index (χ1) is 13.4. The molecule has 0 atom stereocenters. The van der Waals surface area contributed by atoms with Crippen molar-refractivity contribution in [2.75, 3.05) is 4.90 Å². The lowest BCUT2D eigenvalue weighted by Gasteiger charge is -2.25. The van der Waals surface area contributed by atoms with Gasteiger partial charge in [-0.15, -0.1) is 0 Å². The normalized spacial score (nSPS) is 10.0. The summed E-state index contributed by atoms with van der Waals surface area (Å²) in [6.45, 7) is 4.51. The minimum absolute atomic E-state index is 1.17. The first-order valence-corrected chi connectivity index (χ1v) is 10.3. The summed E-state index contributed by atoms with van der Waals surface area (Å²) < 4.78 is 0. The minimum atomic E-state index is 1.17. The van der Waals surface area contributed by atoms with Gasteiger partial charge < -0.3 is 4.90 Å². The first-order valence-electron chi connectivity index (χ1n) is 10.3.